The van der Waals surface area contributed by atoms with E-state index in [0.717, 1.165) is 8.64 Å². The van der Waals surface area contributed by atoms with Crippen LogP contribution in [0.1, 0.15) is 0 Å². The molecule has 0 aromatic heterocycles. The summed E-state index contributed by atoms with van der Waals surface area (Å²) in [5.74, 6) is 0. The Labute approximate surface area is 158 Å². The molecule has 0 saturated carbocycles. The van der Waals surface area contributed by atoms with E-state index in [1.54, 1.807) is 0 Å². The third-order valence-corrected chi connectivity index (χ3v) is 5.07. The Balaban J connectivity index is -0.0000000569. The topological polar surface area (TPSA) is 6.48 Å². The van der Waals surface area contributed by atoms with Crippen LogP contribution < -0.4 is 0 Å². The van der Waals surface area contributed by atoms with Crippen LogP contribution in [-0.4, -0.2) is 46.6 Å². The second-order valence-electron chi connectivity index (χ2n) is 2.49. The Bertz CT molecular complexity index is 178. The van der Waals surface area contributed by atoms with Crippen molar-refractivity contribution in [3.63, 3.8) is 0 Å². The molecule has 0 saturated heterocycles. The molecule has 0 spiro atoms. The van der Waals surface area contributed by atoms with Crippen molar-refractivity contribution in [3.8, 4) is 0 Å². The lowest BCUT2D eigenvalue weighted by molar-refractivity contribution is 0.647. The summed E-state index contributed by atoms with van der Waals surface area (Å²) in [6.07, 6.45) is 0. The van der Waals surface area contributed by atoms with Gasteiger partial charge in [-0.05, 0) is 21.6 Å². The maximum absolute atomic E-state index is 5.07. The Hall–Kier alpha value is 1.62. The molecule has 0 N–H and O–H groups in total. The molecule has 18 heavy (non-hydrogen) atoms. The van der Waals surface area contributed by atoms with Crippen molar-refractivity contribution in [1.82, 2.24) is 9.80 Å². The summed E-state index contributed by atoms with van der Waals surface area (Å²) in [7, 11) is 10.7. The van der Waals surface area contributed by atoms with Gasteiger partial charge in [-0.15, -0.1) is 13.2 Å². The molecular weight excluding hydrogens is 381 g/mol. The molecule has 0 aromatic carbocycles. The van der Waals surface area contributed by atoms with Crippen molar-refractivity contribution in [1.29, 1.82) is 0 Å². The average Bonchev–Trinajstić information content (AvgIpc) is 2.16. The number of hydrogen-bond donors (Lipinski definition) is 0. The summed E-state index contributed by atoms with van der Waals surface area (Å²) in [4.78, 5) is 3.79. The van der Waals surface area contributed by atoms with E-state index in [4.69, 9.17) is 24.4 Å². The highest BCUT2D eigenvalue weighted by atomic mass is 33.1. The molecular formula is C8H24N2S8. The van der Waals surface area contributed by atoms with E-state index >= 15 is 0 Å². The molecule has 0 atom stereocenters. The van der Waals surface area contributed by atoms with Gasteiger partial charge in [-0.3, -0.25) is 0 Å². The van der Waals surface area contributed by atoms with Crippen LogP contribution >= 0.6 is 100 Å². The van der Waals surface area contributed by atoms with Crippen LogP contribution in [0.25, 0.3) is 0 Å². The maximum atomic E-state index is 5.07. The van der Waals surface area contributed by atoms with Gasteiger partial charge >= 0.3 is 0 Å². The summed E-state index contributed by atoms with van der Waals surface area (Å²) in [5, 5.41) is 0. The number of thiocarbonyl (C=S) groups is 2. The zero-order valence-corrected chi connectivity index (χ0v) is 18.2. The summed E-state index contributed by atoms with van der Waals surface area (Å²) >= 11 is 10.1. The first-order chi connectivity index (χ1) is 6.45. The molecule has 0 bridgehead atoms. The molecule has 2 nitrogen and oxygen atoms in total. The molecule has 0 radical (unpaired) electrons. The van der Waals surface area contributed by atoms with Crippen LogP contribution in [0.15, 0.2) is 13.2 Å². The third-order valence-electron chi connectivity index (χ3n) is 0.915. The van der Waals surface area contributed by atoms with E-state index in [2.05, 4.69) is 13.2 Å². The highest BCUT2D eigenvalue weighted by molar-refractivity contribution is 8.89. The fraction of sp³-hybridized carbons (Fsp3) is 0.500. The second kappa shape index (κ2) is 23.7. The Morgan fingerprint density at radius 1 is 0.722 bits per heavy atom. The number of hydrogen-bond acceptors (Lipinski definition) is 4. The summed E-state index contributed by atoms with van der Waals surface area (Å²) in [6.45, 7) is 6.00. The van der Waals surface area contributed by atoms with Crippen LogP contribution in [0.3, 0.4) is 0 Å². The van der Waals surface area contributed by atoms with Gasteiger partial charge in [0.2, 0.25) is 0 Å². The van der Waals surface area contributed by atoms with Gasteiger partial charge in [-0.1, -0.05) is 24.4 Å². The first kappa shape index (κ1) is 36.7. The fourth-order valence-electron chi connectivity index (χ4n) is 0.220. The van der Waals surface area contributed by atoms with Crippen LogP contribution in [-0.2, 0) is 0 Å². The van der Waals surface area contributed by atoms with Crippen molar-refractivity contribution >= 4 is 109 Å². The minimum atomic E-state index is 0. The van der Waals surface area contributed by atoms with Crippen molar-refractivity contribution in [3.05, 3.63) is 13.2 Å². The number of rotatable bonds is 0. The van der Waals surface area contributed by atoms with Crippen molar-refractivity contribution in [2.24, 2.45) is 0 Å². The van der Waals surface area contributed by atoms with Crippen molar-refractivity contribution in [2.75, 3.05) is 28.2 Å². The molecule has 0 aliphatic heterocycles. The first-order valence-corrected chi connectivity index (χ1v) is 6.69. The monoisotopic (exact) mass is 404 g/mol. The summed E-state index contributed by atoms with van der Waals surface area (Å²) in [5.41, 5.74) is 0. The maximum Gasteiger partial charge on any atom is 0.146 e. The van der Waals surface area contributed by atoms with E-state index in [-0.39, 0.29) is 54.0 Å². The highest BCUT2D eigenvalue weighted by Crippen LogP contribution is 2.26. The quantitative estimate of drug-likeness (QED) is 0.345. The van der Waals surface area contributed by atoms with E-state index in [1.165, 1.54) is 21.6 Å². The van der Waals surface area contributed by atoms with E-state index in [0.29, 0.717) is 0 Å². The van der Waals surface area contributed by atoms with Gasteiger partial charge < -0.3 is 9.80 Å². The third kappa shape index (κ3) is 22.8. The van der Waals surface area contributed by atoms with Crippen LogP contribution in [0.2, 0.25) is 0 Å². The molecule has 0 aromatic rings. The standard InChI is InChI=1S/C6H12N2S4.C2H4.4H2S/c1-7(2)5(9)11-12-6(10)8(3)4;1-2;;;;/h1-4H3;1-2H2;4*1H2. The average molecular weight is 405 g/mol. The Morgan fingerprint density at radius 2 is 0.889 bits per heavy atom. The fourth-order valence-corrected chi connectivity index (χ4v) is 2.60. The molecule has 114 valence electrons. The predicted molar refractivity (Wildman–Crippen MR) is 121 cm³/mol. The summed E-state index contributed by atoms with van der Waals surface area (Å²) < 4.78 is 1.67. The van der Waals surface area contributed by atoms with E-state index < -0.39 is 0 Å². The molecule has 0 rings (SSSR count). The Morgan fingerprint density at radius 3 is 1.00 bits per heavy atom. The molecule has 0 heterocycles. The van der Waals surface area contributed by atoms with Gasteiger partial charge in [0.05, 0.1) is 0 Å². The highest BCUT2D eigenvalue weighted by Gasteiger charge is 2.04. The molecule has 0 unspecified atom stereocenters. The molecule has 0 fully saturated rings. The first-order valence-electron chi connectivity index (χ1n) is 3.72. The predicted octanol–water partition coefficient (Wildman–Crippen LogP) is 3.31. The largest absolute Gasteiger partial charge is 0.363 e. The number of nitrogens with zero attached hydrogens (tertiary/aromatic N) is 2. The van der Waals surface area contributed by atoms with Crippen molar-refractivity contribution < 1.29 is 0 Å². The van der Waals surface area contributed by atoms with E-state index in [1.807, 2.05) is 38.0 Å². The lowest BCUT2D eigenvalue weighted by Gasteiger charge is -2.15. The molecule has 10 heteroatoms. The molecule has 0 amide bonds. The van der Waals surface area contributed by atoms with Crippen LogP contribution in [0.4, 0.5) is 0 Å². The SMILES string of the molecule is C=C.CN(C)C(=S)SSC(=S)N(C)C.S.S.S.S. The normalized spacial score (nSPS) is 6.44. The zero-order chi connectivity index (χ0) is 11.7. The molecule has 0 aliphatic carbocycles. The minimum absolute atomic E-state index is 0. The molecule has 0 aliphatic rings. The van der Waals surface area contributed by atoms with Crippen molar-refractivity contribution in [2.45, 2.75) is 0 Å². The van der Waals surface area contributed by atoms with Gasteiger partial charge in [0.15, 0.2) is 0 Å². The summed E-state index contributed by atoms with van der Waals surface area (Å²) in [6, 6.07) is 0. The lowest BCUT2D eigenvalue weighted by Crippen LogP contribution is -2.18. The van der Waals surface area contributed by atoms with Gasteiger partial charge in [0.25, 0.3) is 0 Å². The van der Waals surface area contributed by atoms with Crippen LogP contribution in [0.5, 0.6) is 0 Å². The smallest absolute Gasteiger partial charge is 0.146 e. The Kier molecular flexibility index (Phi) is 48.3. The van der Waals surface area contributed by atoms with E-state index in [9.17, 15) is 0 Å². The van der Waals surface area contributed by atoms with Gasteiger partial charge in [-0.25, -0.2) is 0 Å². The minimum Gasteiger partial charge on any atom is -0.363 e. The second-order valence-corrected chi connectivity index (χ2v) is 5.88. The van der Waals surface area contributed by atoms with Gasteiger partial charge in [0, 0.05) is 28.2 Å². The van der Waals surface area contributed by atoms with Crippen LogP contribution in [0, 0.1) is 0 Å². The lowest BCUT2D eigenvalue weighted by atomic mass is 11.0. The van der Waals surface area contributed by atoms with Gasteiger partial charge in [-0.2, -0.15) is 54.0 Å². The van der Waals surface area contributed by atoms with Gasteiger partial charge in [0.1, 0.15) is 8.64 Å². The zero-order valence-electron chi connectivity index (χ0n) is 10.9.